The van der Waals surface area contributed by atoms with E-state index in [-0.39, 0.29) is 32.9 Å². The van der Waals surface area contributed by atoms with Crippen molar-refractivity contribution in [3.63, 3.8) is 0 Å². The highest BCUT2D eigenvalue weighted by atomic mass is 128. The van der Waals surface area contributed by atoms with Crippen LogP contribution in [-0.4, -0.2) is 32.9 Å². The Morgan fingerprint density at radius 3 is 0.375 bits per heavy atom. The van der Waals surface area contributed by atoms with E-state index < -0.39 is 0 Å². The Labute approximate surface area is 69.8 Å². The van der Waals surface area contributed by atoms with E-state index in [0.717, 1.165) is 0 Å². The Morgan fingerprint density at radius 2 is 0.375 bits per heavy atom. The van der Waals surface area contributed by atoms with Crippen molar-refractivity contribution in [1.82, 2.24) is 0 Å². The number of hydrogen-bond acceptors (Lipinski definition) is 0. The van der Waals surface area contributed by atoms with Crippen molar-refractivity contribution in [2.24, 2.45) is 0 Å². The van der Waals surface area contributed by atoms with E-state index in [1.54, 1.807) is 0 Å². The van der Waals surface area contributed by atoms with Crippen LogP contribution in [-0.2, 0) is 0 Å². The van der Waals surface area contributed by atoms with E-state index in [4.69, 9.17) is 0 Å². The molecule has 0 atom stereocenters. The van der Waals surface area contributed by atoms with Crippen LogP contribution in [0.4, 0.5) is 0 Å². The minimum atomic E-state index is 0. The molecule has 0 unspecified atom stereocenters. The molecule has 0 aliphatic heterocycles. The summed E-state index contributed by atoms with van der Waals surface area (Å²) in [5, 5.41) is 0. The first-order valence-corrected chi connectivity index (χ1v) is 6.43. The predicted molar refractivity (Wildman–Crippen MR) is 49.7 cm³/mol. The second-order valence-electron chi connectivity index (χ2n) is 0. The van der Waals surface area contributed by atoms with Crippen molar-refractivity contribution in [3.05, 3.63) is 0 Å². The maximum absolute atomic E-state index is 2.12. The SMILES string of the molecule is II.O.O.O.O.O.O. The summed E-state index contributed by atoms with van der Waals surface area (Å²) in [5.74, 6) is 0. The Hall–Kier alpha value is 1.22. The highest BCUT2D eigenvalue weighted by molar-refractivity contribution is 15.0. The van der Waals surface area contributed by atoms with Crippen molar-refractivity contribution >= 4 is 37.2 Å². The van der Waals surface area contributed by atoms with E-state index in [1.807, 2.05) is 0 Å². The second kappa shape index (κ2) is 288. The summed E-state index contributed by atoms with van der Waals surface area (Å²) >= 11 is 4.24. The lowest BCUT2D eigenvalue weighted by molar-refractivity contribution is 0.823. The predicted octanol–water partition coefficient (Wildman–Crippen LogP) is -3.18. The Morgan fingerprint density at radius 1 is 0.375 bits per heavy atom. The number of hydrogen-bond donors (Lipinski definition) is 0. The van der Waals surface area contributed by atoms with Crippen molar-refractivity contribution in [1.29, 1.82) is 0 Å². The third kappa shape index (κ3) is 188. The van der Waals surface area contributed by atoms with E-state index >= 15 is 0 Å². The van der Waals surface area contributed by atoms with Gasteiger partial charge in [0.25, 0.3) is 0 Å². The van der Waals surface area contributed by atoms with Crippen LogP contribution in [0.2, 0.25) is 0 Å². The summed E-state index contributed by atoms with van der Waals surface area (Å²) in [7, 11) is 0. The Bertz CT molecular complexity index is 6.49. The fourth-order valence-corrected chi connectivity index (χ4v) is 0. The van der Waals surface area contributed by atoms with Crippen molar-refractivity contribution < 1.29 is 32.9 Å². The molecule has 0 bridgehead atoms. The molecule has 0 aliphatic carbocycles. The van der Waals surface area contributed by atoms with Crippen LogP contribution in [0.1, 0.15) is 0 Å². The summed E-state index contributed by atoms with van der Waals surface area (Å²) < 4.78 is 0. The van der Waals surface area contributed by atoms with Crippen LogP contribution in [0.25, 0.3) is 0 Å². The lowest BCUT2D eigenvalue weighted by Gasteiger charge is -1.000. The molecule has 0 aromatic rings. The highest BCUT2D eigenvalue weighted by Gasteiger charge is 1.00. The number of halogens is 2. The van der Waals surface area contributed by atoms with E-state index in [2.05, 4.69) is 37.2 Å². The Kier molecular flexibility index (Phi) is 4550. The third-order valence-electron chi connectivity index (χ3n) is 0. The zero-order valence-electron chi connectivity index (χ0n) is 3.76. The zero-order chi connectivity index (χ0) is 2.00. The number of rotatable bonds is 0. The molecule has 0 fully saturated rings. The molecule has 0 radical (unpaired) electrons. The first kappa shape index (κ1) is 126. The molecule has 0 saturated carbocycles. The molecule has 0 aliphatic rings. The minimum absolute atomic E-state index is 0. The normalized spacial score (nSPS) is 0.750. The highest BCUT2D eigenvalue weighted by Crippen LogP contribution is 1.89. The van der Waals surface area contributed by atoms with Gasteiger partial charge >= 0.3 is 0 Å². The van der Waals surface area contributed by atoms with Gasteiger partial charge in [0.2, 0.25) is 0 Å². The van der Waals surface area contributed by atoms with Gasteiger partial charge in [0.15, 0.2) is 0 Å². The topological polar surface area (TPSA) is 189 Å². The van der Waals surface area contributed by atoms with E-state index in [0.29, 0.717) is 0 Å². The fraction of sp³-hybridized carbons (Fsp3) is 0. The van der Waals surface area contributed by atoms with Gasteiger partial charge in [-0.15, -0.1) is 0 Å². The molecular formula is H12I2O6. The van der Waals surface area contributed by atoms with Crippen molar-refractivity contribution in [2.45, 2.75) is 0 Å². The molecule has 0 aromatic heterocycles. The quantitative estimate of drug-likeness (QED) is 0.393. The van der Waals surface area contributed by atoms with Gasteiger partial charge in [-0.2, -0.15) is 0 Å². The summed E-state index contributed by atoms with van der Waals surface area (Å²) in [4.78, 5) is 0. The summed E-state index contributed by atoms with van der Waals surface area (Å²) in [5.41, 5.74) is 0. The van der Waals surface area contributed by atoms with Crippen LogP contribution in [0, 0.1) is 0 Å². The first-order chi connectivity index (χ1) is 1.00. The fourth-order valence-electron chi connectivity index (χ4n) is 0. The largest absolute Gasteiger partial charge is 0.412 e. The van der Waals surface area contributed by atoms with Crippen LogP contribution in [0.15, 0.2) is 0 Å². The molecule has 0 rings (SSSR count). The monoisotopic (exact) mass is 362 g/mol. The molecule has 0 heterocycles. The van der Waals surface area contributed by atoms with Crippen LogP contribution in [0.3, 0.4) is 0 Å². The molecule has 0 spiro atoms. The summed E-state index contributed by atoms with van der Waals surface area (Å²) in [6.07, 6.45) is 0. The molecular weight excluding hydrogens is 350 g/mol. The van der Waals surface area contributed by atoms with Crippen LogP contribution < -0.4 is 0 Å². The average molecular weight is 362 g/mol. The molecule has 62 valence electrons. The summed E-state index contributed by atoms with van der Waals surface area (Å²) in [6.45, 7) is 0. The Balaban J connectivity index is -0.000000000333. The smallest absolute Gasteiger partial charge is 0 e. The molecule has 8 heavy (non-hydrogen) atoms. The first-order valence-electron chi connectivity index (χ1n) is 0.143. The molecule has 0 aromatic carbocycles. The average Bonchev–Trinajstić information content (AvgIpc) is 1.00. The van der Waals surface area contributed by atoms with Gasteiger partial charge in [0, 0.05) is 37.2 Å². The molecule has 0 amide bonds. The van der Waals surface area contributed by atoms with Gasteiger partial charge in [-0.3, -0.25) is 0 Å². The van der Waals surface area contributed by atoms with Gasteiger partial charge < -0.3 is 32.9 Å². The van der Waals surface area contributed by atoms with Gasteiger partial charge in [0.05, 0.1) is 0 Å². The maximum atomic E-state index is 2.12. The van der Waals surface area contributed by atoms with Gasteiger partial charge in [-0.1, -0.05) is 0 Å². The zero-order valence-corrected chi connectivity index (χ0v) is 8.07. The van der Waals surface area contributed by atoms with Gasteiger partial charge in [-0.25, -0.2) is 0 Å². The van der Waals surface area contributed by atoms with E-state index in [1.165, 1.54) is 0 Å². The lowest BCUT2D eigenvalue weighted by atomic mass is 16.0. The molecule has 8 heteroatoms. The third-order valence-corrected chi connectivity index (χ3v) is 0. The van der Waals surface area contributed by atoms with E-state index in [9.17, 15) is 0 Å². The van der Waals surface area contributed by atoms with Crippen LogP contribution in [0.5, 0.6) is 0 Å². The van der Waals surface area contributed by atoms with Crippen molar-refractivity contribution in [2.75, 3.05) is 0 Å². The lowest BCUT2D eigenvalue weighted by Crippen LogP contribution is -0.290. The maximum Gasteiger partial charge on any atom is 0 e. The van der Waals surface area contributed by atoms with Gasteiger partial charge in [0.1, 0.15) is 0 Å². The van der Waals surface area contributed by atoms with Crippen molar-refractivity contribution in [3.8, 4) is 0 Å². The molecule has 0 saturated heterocycles. The molecule has 6 nitrogen and oxygen atoms in total. The van der Waals surface area contributed by atoms with Crippen LogP contribution >= 0.6 is 37.2 Å². The minimum Gasteiger partial charge on any atom is -0.412 e. The molecule has 12 N–H and O–H groups in total. The van der Waals surface area contributed by atoms with Gasteiger partial charge in [-0.05, 0) is 0 Å². The standard InChI is InChI=1S/I2.6H2O/c1-2;;;;;;/h;6*1H2. The summed E-state index contributed by atoms with van der Waals surface area (Å²) in [6, 6.07) is 0. The second-order valence-corrected chi connectivity index (χ2v) is 0.